The summed E-state index contributed by atoms with van der Waals surface area (Å²) in [6, 6.07) is 6.81. The lowest BCUT2D eigenvalue weighted by atomic mass is 10.2. The fraction of sp³-hybridized carbons (Fsp3) is 0.308. The minimum Gasteiger partial charge on any atom is -0.480 e. The fourth-order valence-electron chi connectivity index (χ4n) is 2.17. The van der Waals surface area contributed by atoms with E-state index in [0.717, 1.165) is 11.0 Å². The number of aromatic nitrogens is 2. The molecule has 2 aromatic rings. The number of carbonyl (C=O) groups is 1. The van der Waals surface area contributed by atoms with E-state index in [2.05, 4.69) is 9.97 Å². The third-order valence-electron chi connectivity index (χ3n) is 3.14. The van der Waals surface area contributed by atoms with Crippen molar-refractivity contribution in [3.63, 3.8) is 0 Å². The van der Waals surface area contributed by atoms with Gasteiger partial charge in [-0.05, 0) is 12.1 Å². The van der Waals surface area contributed by atoms with Gasteiger partial charge in [0.05, 0.1) is 30.4 Å². The topological polar surface area (TPSA) is 75.6 Å². The minimum atomic E-state index is -0.908. The van der Waals surface area contributed by atoms with Crippen LogP contribution in [0.15, 0.2) is 30.5 Å². The second kappa shape index (κ2) is 4.81. The molecule has 98 valence electrons. The van der Waals surface area contributed by atoms with E-state index < -0.39 is 12.0 Å². The molecule has 0 saturated carbocycles. The van der Waals surface area contributed by atoms with Crippen LogP contribution in [0, 0.1) is 0 Å². The maximum atomic E-state index is 11.2. The molecule has 1 N–H and O–H groups in total. The summed E-state index contributed by atoms with van der Waals surface area (Å²) < 4.78 is 5.21. The summed E-state index contributed by atoms with van der Waals surface area (Å²) in [5, 5.41) is 9.21. The number of ether oxygens (including phenoxy) is 1. The van der Waals surface area contributed by atoms with E-state index in [-0.39, 0.29) is 6.61 Å². The Bertz CT molecular complexity index is 617. The molecule has 1 saturated heterocycles. The summed E-state index contributed by atoms with van der Waals surface area (Å²) in [5.74, 6) is -0.330. The maximum Gasteiger partial charge on any atom is 0.328 e. The Morgan fingerprint density at radius 2 is 2.16 bits per heavy atom. The third kappa shape index (κ3) is 2.22. The lowest BCUT2D eigenvalue weighted by Gasteiger charge is -2.33. The largest absolute Gasteiger partial charge is 0.480 e. The van der Waals surface area contributed by atoms with Crippen molar-refractivity contribution in [2.24, 2.45) is 0 Å². The number of aliphatic carboxylic acids is 1. The van der Waals surface area contributed by atoms with Gasteiger partial charge in [-0.2, -0.15) is 0 Å². The number of rotatable bonds is 2. The molecule has 0 amide bonds. The number of hydrogen-bond acceptors (Lipinski definition) is 5. The number of fused-ring (bicyclic) bond motifs is 1. The Hall–Kier alpha value is -2.21. The Morgan fingerprint density at radius 1 is 1.37 bits per heavy atom. The van der Waals surface area contributed by atoms with Crippen molar-refractivity contribution in [3.05, 3.63) is 30.5 Å². The predicted octanol–water partition coefficient (Wildman–Crippen LogP) is 0.920. The zero-order valence-electron chi connectivity index (χ0n) is 10.2. The van der Waals surface area contributed by atoms with E-state index in [1.807, 2.05) is 24.3 Å². The van der Waals surface area contributed by atoms with Crippen molar-refractivity contribution in [1.82, 2.24) is 9.97 Å². The highest BCUT2D eigenvalue weighted by atomic mass is 16.5. The summed E-state index contributed by atoms with van der Waals surface area (Å²) >= 11 is 0. The first kappa shape index (κ1) is 11.9. The molecule has 1 aliphatic heterocycles. The molecule has 1 atom stereocenters. The van der Waals surface area contributed by atoms with E-state index >= 15 is 0 Å². The number of nitrogens with zero attached hydrogens (tertiary/aromatic N) is 3. The van der Waals surface area contributed by atoms with Crippen LogP contribution in [-0.2, 0) is 9.53 Å². The quantitative estimate of drug-likeness (QED) is 0.864. The van der Waals surface area contributed by atoms with Gasteiger partial charge in [0.25, 0.3) is 0 Å². The van der Waals surface area contributed by atoms with Crippen LogP contribution in [0.1, 0.15) is 0 Å². The van der Waals surface area contributed by atoms with Crippen LogP contribution in [0.3, 0.4) is 0 Å². The summed E-state index contributed by atoms with van der Waals surface area (Å²) in [7, 11) is 0. The number of hydrogen-bond donors (Lipinski definition) is 1. The SMILES string of the molecule is O=C(O)C1COCCN1c1cnc2ccccc2n1. The molecule has 1 unspecified atom stereocenters. The van der Waals surface area contributed by atoms with Crippen molar-refractivity contribution < 1.29 is 14.6 Å². The molecule has 2 heterocycles. The monoisotopic (exact) mass is 259 g/mol. The molecule has 19 heavy (non-hydrogen) atoms. The zero-order chi connectivity index (χ0) is 13.2. The van der Waals surface area contributed by atoms with Gasteiger partial charge < -0.3 is 14.7 Å². The molecular formula is C13H13N3O3. The van der Waals surface area contributed by atoms with E-state index in [4.69, 9.17) is 4.74 Å². The second-order valence-electron chi connectivity index (χ2n) is 4.34. The van der Waals surface area contributed by atoms with E-state index in [9.17, 15) is 9.90 Å². The molecule has 1 fully saturated rings. The highest BCUT2D eigenvalue weighted by molar-refractivity contribution is 5.80. The molecule has 1 aromatic heterocycles. The first-order valence-electron chi connectivity index (χ1n) is 6.05. The maximum absolute atomic E-state index is 11.2. The summed E-state index contributed by atoms with van der Waals surface area (Å²) in [6.07, 6.45) is 1.61. The molecule has 0 bridgehead atoms. The second-order valence-corrected chi connectivity index (χ2v) is 4.34. The van der Waals surface area contributed by atoms with Gasteiger partial charge in [0, 0.05) is 6.54 Å². The standard InChI is InChI=1S/C13H13N3O3/c17-13(18)11-8-19-6-5-16(11)12-7-14-9-3-1-2-4-10(9)15-12/h1-4,7,11H,5-6,8H2,(H,17,18). The highest BCUT2D eigenvalue weighted by Gasteiger charge is 2.30. The Balaban J connectivity index is 1.99. The van der Waals surface area contributed by atoms with Gasteiger partial charge in [0.2, 0.25) is 0 Å². The van der Waals surface area contributed by atoms with E-state index in [0.29, 0.717) is 19.0 Å². The first-order valence-corrected chi connectivity index (χ1v) is 6.05. The van der Waals surface area contributed by atoms with Crippen molar-refractivity contribution in [2.45, 2.75) is 6.04 Å². The molecule has 0 radical (unpaired) electrons. The van der Waals surface area contributed by atoms with Crippen molar-refractivity contribution in [3.8, 4) is 0 Å². The summed E-state index contributed by atoms with van der Waals surface area (Å²) in [6.45, 7) is 1.17. The minimum absolute atomic E-state index is 0.170. The fourth-order valence-corrected chi connectivity index (χ4v) is 2.17. The Kier molecular flexibility index (Phi) is 3.00. The van der Waals surface area contributed by atoms with E-state index in [1.165, 1.54) is 0 Å². The van der Waals surface area contributed by atoms with Crippen LogP contribution >= 0.6 is 0 Å². The average molecular weight is 259 g/mol. The molecule has 1 aliphatic rings. The molecular weight excluding hydrogens is 246 g/mol. The number of para-hydroxylation sites is 2. The number of anilines is 1. The number of carboxylic acid groups (broad SMARTS) is 1. The van der Waals surface area contributed by atoms with Crippen molar-refractivity contribution in [2.75, 3.05) is 24.7 Å². The van der Waals surface area contributed by atoms with Crippen molar-refractivity contribution >= 4 is 22.8 Å². The van der Waals surface area contributed by atoms with Gasteiger partial charge in [0.1, 0.15) is 5.82 Å². The molecule has 0 spiro atoms. The van der Waals surface area contributed by atoms with Crippen molar-refractivity contribution in [1.29, 1.82) is 0 Å². The van der Waals surface area contributed by atoms with Crippen LogP contribution in [0.2, 0.25) is 0 Å². The van der Waals surface area contributed by atoms with Crippen LogP contribution in [0.5, 0.6) is 0 Å². The number of morpholine rings is 1. The van der Waals surface area contributed by atoms with Gasteiger partial charge in [0.15, 0.2) is 6.04 Å². The molecule has 6 heteroatoms. The smallest absolute Gasteiger partial charge is 0.328 e. The molecule has 3 rings (SSSR count). The Morgan fingerprint density at radius 3 is 2.95 bits per heavy atom. The number of benzene rings is 1. The Labute approximate surface area is 109 Å². The zero-order valence-corrected chi connectivity index (χ0v) is 10.2. The van der Waals surface area contributed by atoms with Gasteiger partial charge in [-0.1, -0.05) is 12.1 Å². The predicted molar refractivity (Wildman–Crippen MR) is 69.1 cm³/mol. The van der Waals surface area contributed by atoms with Crippen LogP contribution < -0.4 is 4.90 Å². The average Bonchev–Trinajstić information content (AvgIpc) is 2.46. The molecule has 6 nitrogen and oxygen atoms in total. The lowest BCUT2D eigenvalue weighted by Crippen LogP contribution is -2.50. The van der Waals surface area contributed by atoms with Crippen LogP contribution in [0.25, 0.3) is 11.0 Å². The highest BCUT2D eigenvalue weighted by Crippen LogP contribution is 2.19. The normalized spacial score (nSPS) is 19.6. The van der Waals surface area contributed by atoms with Gasteiger partial charge in [-0.3, -0.25) is 4.98 Å². The van der Waals surface area contributed by atoms with E-state index in [1.54, 1.807) is 11.1 Å². The lowest BCUT2D eigenvalue weighted by molar-refractivity contribution is -0.141. The van der Waals surface area contributed by atoms with Gasteiger partial charge in [-0.25, -0.2) is 9.78 Å². The molecule has 0 aliphatic carbocycles. The number of carboxylic acids is 1. The molecule has 1 aromatic carbocycles. The van der Waals surface area contributed by atoms with Crippen LogP contribution in [0.4, 0.5) is 5.82 Å². The summed E-state index contributed by atoms with van der Waals surface area (Å²) in [4.78, 5) is 21.7. The van der Waals surface area contributed by atoms with Gasteiger partial charge in [-0.15, -0.1) is 0 Å². The third-order valence-corrected chi connectivity index (χ3v) is 3.14. The van der Waals surface area contributed by atoms with Crippen LogP contribution in [-0.4, -0.2) is 46.8 Å². The van der Waals surface area contributed by atoms with Gasteiger partial charge >= 0.3 is 5.97 Å². The first-order chi connectivity index (χ1) is 9.25. The summed E-state index contributed by atoms with van der Waals surface area (Å²) in [5.41, 5.74) is 1.56.